The lowest BCUT2D eigenvalue weighted by Crippen LogP contribution is -2.64. The molecular formula is C20H22ClN5O2. The van der Waals surface area contributed by atoms with Crippen LogP contribution in [0.4, 0.5) is 4.79 Å². The molecule has 1 aromatic carbocycles. The number of fused-ring (bicyclic) bond motifs is 3. The summed E-state index contributed by atoms with van der Waals surface area (Å²) in [6.45, 7) is 2.79. The van der Waals surface area contributed by atoms with Crippen molar-refractivity contribution in [2.45, 2.75) is 19.1 Å². The predicted octanol–water partition coefficient (Wildman–Crippen LogP) is 2.38. The Balaban J connectivity index is 1.55. The van der Waals surface area contributed by atoms with E-state index in [4.69, 9.17) is 11.6 Å². The van der Waals surface area contributed by atoms with E-state index in [1.165, 1.54) is 9.80 Å². The van der Waals surface area contributed by atoms with E-state index in [0.29, 0.717) is 18.4 Å². The first-order chi connectivity index (χ1) is 13.5. The summed E-state index contributed by atoms with van der Waals surface area (Å²) in [7, 11) is 1.69. The Bertz CT molecular complexity index is 882. The predicted molar refractivity (Wildman–Crippen MR) is 108 cm³/mol. The molecule has 3 heterocycles. The Morgan fingerprint density at radius 1 is 1.18 bits per heavy atom. The number of rotatable bonds is 5. The molecular weight excluding hydrogens is 378 g/mol. The molecule has 0 N–H and O–H groups in total. The highest BCUT2D eigenvalue weighted by Gasteiger charge is 2.53. The van der Waals surface area contributed by atoms with Crippen LogP contribution in [0.2, 0.25) is 0 Å². The van der Waals surface area contributed by atoms with Crippen molar-refractivity contribution in [3.63, 3.8) is 0 Å². The van der Waals surface area contributed by atoms with E-state index in [-0.39, 0.29) is 18.5 Å². The third-order valence-electron chi connectivity index (χ3n) is 5.21. The minimum Gasteiger partial charge on any atom is -0.314 e. The van der Waals surface area contributed by atoms with Gasteiger partial charge in [-0.2, -0.15) is 0 Å². The van der Waals surface area contributed by atoms with Gasteiger partial charge >= 0.3 is 6.03 Å². The van der Waals surface area contributed by atoms with Crippen molar-refractivity contribution in [3.8, 4) is 0 Å². The number of nitrogens with zero attached hydrogens (tertiary/aromatic N) is 5. The zero-order valence-corrected chi connectivity index (χ0v) is 16.6. The normalized spacial score (nSPS) is 24.1. The molecule has 8 heteroatoms. The molecule has 28 heavy (non-hydrogen) atoms. The maximum Gasteiger partial charge on any atom is 0.328 e. The number of guanidine groups is 1. The van der Waals surface area contributed by atoms with Crippen LogP contribution in [0.3, 0.4) is 0 Å². The number of aliphatic imine (C=N–C) groups is 1. The van der Waals surface area contributed by atoms with Gasteiger partial charge in [-0.25, -0.2) is 9.79 Å². The fourth-order valence-corrected chi connectivity index (χ4v) is 3.96. The number of carbonyl (C=O) groups excluding carboxylic acids is 2. The second-order valence-electron chi connectivity index (χ2n) is 6.96. The molecule has 1 fully saturated rings. The van der Waals surface area contributed by atoms with Crippen molar-refractivity contribution in [3.05, 3.63) is 53.9 Å². The van der Waals surface area contributed by atoms with E-state index in [1.54, 1.807) is 7.05 Å². The molecule has 2 atom stereocenters. The standard InChI is InChI=1S/C20H22ClN5O2/c1-14-13-26-16-17(22-19(26)24(14)12-10-21)23(2)20(28)25(18(16)27)11-6-9-15-7-4-3-5-8-15/h3-9,13,16-17H,10-12H2,1-2H3/b9-6+. The van der Waals surface area contributed by atoms with Crippen molar-refractivity contribution < 1.29 is 9.59 Å². The second kappa shape index (κ2) is 7.31. The molecule has 0 bridgehead atoms. The molecule has 3 aliphatic heterocycles. The van der Waals surface area contributed by atoms with Gasteiger partial charge in [-0.15, -0.1) is 11.6 Å². The van der Waals surface area contributed by atoms with Crippen LogP contribution < -0.4 is 0 Å². The number of carbonyl (C=O) groups is 2. The molecule has 3 aliphatic rings. The fraction of sp³-hybridized carbons (Fsp3) is 0.350. The lowest BCUT2D eigenvalue weighted by Gasteiger charge is -2.39. The Labute approximate surface area is 169 Å². The zero-order chi connectivity index (χ0) is 19.8. The van der Waals surface area contributed by atoms with E-state index in [9.17, 15) is 9.59 Å². The van der Waals surface area contributed by atoms with Gasteiger partial charge in [-0.05, 0) is 12.5 Å². The van der Waals surface area contributed by atoms with Crippen LogP contribution in [0.5, 0.6) is 0 Å². The molecule has 1 saturated heterocycles. The summed E-state index contributed by atoms with van der Waals surface area (Å²) in [6.07, 6.45) is 5.13. The van der Waals surface area contributed by atoms with Gasteiger partial charge in [0.2, 0.25) is 5.96 Å². The first kappa shape index (κ1) is 18.6. The van der Waals surface area contributed by atoms with Crippen molar-refractivity contribution in [1.82, 2.24) is 19.6 Å². The molecule has 2 unspecified atom stereocenters. The summed E-state index contributed by atoms with van der Waals surface area (Å²) in [6, 6.07) is 8.90. The highest BCUT2D eigenvalue weighted by atomic mass is 35.5. The maximum atomic E-state index is 13.2. The number of hydrogen-bond donors (Lipinski definition) is 0. The first-order valence-electron chi connectivity index (χ1n) is 9.20. The minimum atomic E-state index is -0.543. The van der Waals surface area contributed by atoms with Crippen molar-refractivity contribution in [1.29, 1.82) is 0 Å². The number of alkyl halides is 1. The molecule has 7 nitrogen and oxygen atoms in total. The number of halogens is 1. The van der Waals surface area contributed by atoms with Gasteiger partial charge in [0.05, 0.1) is 0 Å². The lowest BCUT2D eigenvalue weighted by molar-refractivity contribution is -0.136. The molecule has 3 amide bonds. The molecule has 0 radical (unpaired) electrons. The highest BCUT2D eigenvalue weighted by molar-refractivity contribution is 6.18. The van der Waals surface area contributed by atoms with Crippen LogP contribution in [-0.4, -0.2) is 75.7 Å². The number of allylic oxidation sites excluding steroid dienone is 1. The summed E-state index contributed by atoms with van der Waals surface area (Å²) in [5.41, 5.74) is 2.01. The number of urea groups is 1. The molecule has 0 saturated carbocycles. The topological polar surface area (TPSA) is 59.5 Å². The van der Waals surface area contributed by atoms with Crippen LogP contribution in [0.25, 0.3) is 6.08 Å². The average molecular weight is 400 g/mol. The van der Waals surface area contributed by atoms with Crippen LogP contribution in [0.1, 0.15) is 12.5 Å². The van der Waals surface area contributed by atoms with Crippen LogP contribution in [0.15, 0.2) is 53.3 Å². The monoisotopic (exact) mass is 399 g/mol. The van der Waals surface area contributed by atoms with Gasteiger partial charge in [0.1, 0.15) is 0 Å². The summed E-state index contributed by atoms with van der Waals surface area (Å²) < 4.78 is 0. The Morgan fingerprint density at radius 3 is 2.64 bits per heavy atom. The third kappa shape index (κ3) is 2.96. The van der Waals surface area contributed by atoms with E-state index in [0.717, 1.165) is 11.3 Å². The van der Waals surface area contributed by atoms with Crippen molar-refractivity contribution >= 4 is 35.6 Å². The number of hydrogen-bond acceptors (Lipinski definition) is 5. The van der Waals surface area contributed by atoms with Gasteiger partial charge in [0.15, 0.2) is 12.2 Å². The van der Waals surface area contributed by atoms with E-state index in [1.807, 2.05) is 65.4 Å². The average Bonchev–Trinajstić information content (AvgIpc) is 3.20. The largest absolute Gasteiger partial charge is 0.328 e. The van der Waals surface area contributed by atoms with E-state index >= 15 is 0 Å². The third-order valence-corrected chi connectivity index (χ3v) is 5.38. The quantitative estimate of drug-likeness (QED) is 0.713. The van der Waals surface area contributed by atoms with E-state index < -0.39 is 12.2 Å². The van der Waals surface area contributed by atoms with Gasteiger partial charge < -0.3 is 14.7 Å². The highest BCUT2D eigenvalue weighted by Crippen LogP contribution is 2.33. The van der Waals surface area contributed by atoms with E-state index in [2.05, 4.69) is 4.99 Å². The summed E-state index contributed by atoms with van der Waals surface area (Å²) in [5.74, 6) is 0.899. The number of likely N-dealkylation sites (N-methyl/N-ethyl adjacent to an activating group) is 1. The van der Waals surface area contributed by atoms with Gasteiger partial charge in [-0.3, -0.25) is 9.69 Å². The lowest BCUT2D eigenvalue weighted by atomic mass is 10.1. The van der Waals surface area contributed by atoms with Crippen LogP contribution in [-0.2, 0) is 4.79 Å². The fourth-order valence-electron chi connectivity index (χ4n) is 3.79. The SMILES string of the molecule is CC1=CN2C(=NC3C2C(=O)N(C/C=C/c2ccccc2)C(=O)N3C)N1CCCl. The smallest absolute Gasteiger partial charge is 0.314 e. The van der Waals surface area contributed by atoms with Crippen molar-refractivity contribution in [2.75, 3.05) is 26.0 Å². The van der Waals surface area contributed by atoms with Gasteiger partial charge in [-0.1, -0.05) is 42.5 Å². The Morgan fingerprint density at radius 2 is 1.93 bits per heavy atom. The van der Waals surface area contributed by atoms with Crippen molar-refractivity contribution in [2.24, 2.45) is 4.99 Å². The summed E-state index contributed by atoms with van der Waals surface area (Å²) in [4.78, 5) is 37.3. The molecule has 1 aromatic rings. The van der Waals surface area contributed by atoms with Gasteiger partial charge in [0, 0.05) is 37.9 Å². The summed E-state index contributed by atoms with van der Waals surface area (Å²) >= 11 is 5.91. The summed E-state index contributed by atoms with van der Waals surface area (Å²) in [5, 5.41) is 0. The van der Waals surface area contributed by atoms with Crippen LogP contribution in [0, 0.1) is 0 Å². The minimum absolute atomic E-state index is 0.220. The van der Waals surface area contributed by atoms with Gasteiger partial charge in [0.25, 0.3) is 5.91 Å². The second-order valence-corrected chi connectivity index (χ2v) is 7.34. The first-order valence-corrected chi connectivity index (χ1v) is 9.74. The molecule has 146 valence electrons. The zero-order valence-electron chi connectivity index (χ0n) is 15.8. The number of benzene rings is 1. The maximum absolute atomic E-state index is 13.2. The molecule has 4 rings (SSSR count). The Kier molecular flexibility index (Phi) is 4.85. The Hall–Kier alpha value is -2.80. The molecule has 0 aliphatic carbocycles. The number of imide groups is 1. The van der Waals surface area contributed by atoms with Crippen LogP contribution >= 0.6 is 11.6 Å². The molecule has 0 spiro atoms. The number of amides is 3. The molecule has 0 aromatic heterocycles.